The number of aromatic nitrogens is 1. The summed E-state index contributed by atoms with van der Waals surface area (Å²) in [7, 11) is 1.24. The molecular formula is C10H12N2O3. The Bertz CT molecular complexity index is 377. The molecule has 0 unspecified atom stereocenters. The van der Waals surface area contributed by atoms with Gasteiger partial charge in [-0.1, -0.05) is 0 Å². The minimum absolute atomic E-state index is 0.280. The largest absolute Gasteiger partial charge is 0.469 e. The highest BCUT2D eigenvalue weighted by Crippen LogP contribution is 2.07. The Balaban J connectivity index is 2.55. The lowest BCUT2D eigenvalue weighted by Gasteiger charge is -2.04. The van der Waals surface area contributed by atoms with Gasteiger partial charge in [0.25, 0.3) is 0 Å². The van der Waals surface area contributed by atoms with Crippen LogP contribution in [-0.2, 0) is 14.3 Å². The number of nitrogens with one attached hydrogen (secondary N) is 1. The SMILES string of the molecule is COC(=O)CC(=O)Nc1ccnc(C)c1. The molecular weight excluding hydrogens is 196 g/mol. The van der Waals surface area contributed by atoms with Gasteiger partial charge in [-0.3, -0.25) is 14.6 Å². The van der Waals surface area contributed by atoms with E-state index in [2.05, 4.69) is 15.0 Å². The van der Waals surface area contributed by atoms with Crippen LogP contribution >= 0.6 is 0 Å². The fraction of sp³-hybridized carbons (Fsp3) is 0.300. The number of methoxy groups -OCH3 is 1. The number of hydrogen-bond acceptors (Lipinski definition) is 4. The van der Waals surface area contributed by atoms with Crippen molar-refractivity contribution in [2.75, 3.05) is 12.4 Å². The highest BCUT2D eigenvalue weighted by Gasteiger charge is 2.09. The number of anilines is 1. The molecule has 1 rings (SSSR count). The van der Waals surface area contributed by atoms with Crippen molar-refractivity contribution < 1.29 is 14.3 Å². The lowest BCUT2D eigenvalue weighted by atomic mass is 10.3. The third-order valence-electron chi connectivity index (χ3n) is 1.71. The molecule has 1 heterocycles. The Morgan fingerprint density at radius 2 is 2.27 bits per heavy atom. The molecule has 0 radical (unpaired) electrons. The van der Waals surface area contributed by atoms with Gasteiger partial charge in [-0.05, 0) is 19.1 Å². The average Bonchev–Trinajstić information content (AvgIpc) is 2.17. The average molecular weight is 208 g/mol. The van der Waals surface area contributed by atoms with E-state index in [0.29, 0.717) is 5.69 Å². The van der Waals surface area contributed by atoms with Gasteiger partial charge in [0.2, 0.25) is 5.91 Å². The maximum atomic E-state index is 11.3. The molecule has 1 aromatic heterocycles. The van der Waals surface area contributed by atoms with E-state index >= 15 is 0 Å². The minimum Gasteiger partial charge on any atom is -0.469 e. The molecule has 1 aromatic rings. The summed E-state index contributed by atoms with van der Waals surface area (Å²) < 4.78 is 4.37. The smallest absolute Gasteiger partial charge is 0.315 e. The van der Waals surface area contributed by atoms with Crippen LogP contribution in [0.15, 0.2) is 18.3 Å². The Labute approximate surface area is 87.5 Å². The van der Waals surface area contributed by atoms with Crippen molar-refractivity contribution in [2.24, 2.45) is 0 Å². The molecule has 0 aliphatic rings. The number of hydrogen-bond donors (Lipinski definition) is 1. The summed E-state index contributed by atoms with van der Waals surface area (Å²) in [6.07, 6.45) is 1.31. The molecule has 1 amide bonds. The monoisotopic (exact) mass is 208 g/mol. The van der Waals surface area contributed by atoms with Crippen LogP contribution in [0, 0.1) is 6.92 Å². The van der Waals surface area contributed by atoms with Crippen molar-refractivity contribution in [2.45, 2.75) is 13.3 Å². The lowest BCUT2D eigenvalue weighted by molar-refractivity contribution is -0.142. The van der Waals surface area contributed by atoms with Crippen molar-refractivity contribution in [3.8, 4) is 0 Å². The third-order valence-corrected chi connectivity index (χ3v) is 1.71. The molecule has 0 aromatic carbocycles. The molecule has 0 fully saturated rings. The number of aryl methyl sites for hydroxylation is 1. The van der Waals surface area contributed by atoms with Crippen molar-refractivity contribution in [3.05, 3.63) is 24.0 Å². The number of nitrogens with zero attached hydrogens (tertiary/aromatic N) is 1. The molecule has 5 heteroatoms. The quantitative estimate of drug-likeness (QED) is 0.591. The van der Waals surface area contributed by atoms with Gasteiger partial charge in [-0.25, -0.2) is 0 Å². The third kappa shape index (κ3) is 3.76. The van der Waals surface area contributed by atoms with E-state index < -0.39 is 11.9 Å². The summed E-state index contributed by atoms with van der Waals surface area (Å²) in [4.78, 5) is 26.0. The number of carbonyl (C=O) groups excluding carboxylic acids is 2. The fourth-order valence-corrected chi connectivity index (χ4v) is 1.03. The normalized spacial score (nSPS) is 9.47. The van der Waals surface area contributed by atoms with Gasteiger partial charge in [0.05, 0.1) is 7.11 Å². The molecule has 0 atom stereocenters. The van der Waals surface area contributed by atoms with Gasteiger partial charge in [0.1, 0.15) is 6.42 Å². The zero-order chi connectivity index (χ0) is 11.3. The van der Waals surface area contributed by atoms with Crippen molar-refractivity contribution in [3.63, 3.8) is 0 Å². The first-order valence-electron chi connectivity index (χ1n) is 4.41. The predicted octanol–water partition coefficient (Wildman–Crippen LogP) is 0.892. The molecule has 0 aliphatic carbocycles. The molecule has 15 heavy (non-hydrogen) atoms. The summed E-state index contributed by atoms with van der Waals surface area (Å²) in [6.45, 7) is 1.82. The fourth-order valence-electron chi connectivity index (χ4n) is 1.03. The lowest BCUT2D eigenvalue weighted by Crippen LogP contribution is -2.17. The molecule has 1 N–H and O–H groups in total. The van der Waals surface area contributed by atoms with Gasteiger partial charge in [0, 0.05) is 17.6 Å². The van der Waals surface area contributed by atoms with Crippen LogP contribution in [0.25, 0.3) is 0 Å². The van der Waals surface area contributed by atoms with Crippen molar-refractivity contribution in [1.29, 1.82) is 0 Å². The van der Waals surface area contributed by atoms with E-state index in [0.717, 1.165) is 5.69 Å². The van der Waals surface area contributed by atoms with Crippen LogP contribution in [-0.4, -0.2) is 24.0 Å². The standard InChI is InChI=1S/C10H12N2O3/c1-7-5-8(3-4-11-7)12-9(13)6-10(14)15-2/h3-5H,6H2,1-2H3,(H,11,12,13). The van der Waals surface area contributed by atoms with E-state index in [1.165, 1.54) is 7.11 Å². The van der Waals surface area contributed by atoms with Crippen LogP contribution in [0.3, 0.4) is 0 Å². The molecule has 5 nitrogen and oxygen atoms in total. The predicted molar refractivity (Wildman–Crippen MR) is 54.2 cm³/mol. The van der Waals surface area contributed by atoms with Crippen LogP contribution in [0.4, 0.5) is 5.69 Å². The van der Waals surface area contributed by atoms with Crippen LogP contribution < -0.4 is 5.32 Å². The molecule has 0 spiro atoms. The van der Waals surface area contributed by atoms with E-state index in [1.54, 1.807) is 18.3 Å². The van der Waals surface area contributed by atoms with Gasteiger partial charge in [-0.15, -0.1) is 0 Å². The summed E-state index contributed by atoms with van der Waals surface area (Å²) >= 11 is 0. The second-order valence-electron chi connectivity index (χ2n) is 2.99. The number of ether oxygens (including phenoxy) is 1. The first kappa shape index (κ1) is 11.2. The van der Waals surface area contributed by atoms with Crippen LogP contribution in [0.2, 0.25) is 0 Å². The van der Waals surface area contributed by atoms with Gasteiger partial charge in [-0.2, -0.15) is 0 Å². The first-order valence-corrected chi connectivity index (χ1v) is 4.41. The van der Waals surface area contributed by atoms with E-state index in [4.69, 9.17) is 0 Å². The zero-order valence-corrected chi connectivity index (χ0v) is 8.61. The Morgan fingerprint density at radius 1 is 1.53 bits per heavy atom. The maximum Gasteiger partial charge on any atom is 0.315 e. The van der Waals surface area contributed by atoms with Gasteiger partial charge < -0.3 is 10.1 Å². The number of pyridine rings is 1. The molecule has 0 saturated carbocycles. The zero-order valence-electron chi connectivity index (χ0n) is 8.61. The number of esters is 1. The Morgan fingerprint density at radius 3 is 2.87 bits per heavy atom. The van der Waals surface area contributed by atoms with Gasteiger partial charge >= 0.3 is 5.97 Å². The van der Waals surface area contributed by atoms with E-state index in [1.807, 2.05) is 6.92 Å². The van der Waals surface area contributed by atoms with Crippen molar-refractivity contribution >= 4 is 17.6 Å². The molecule has 0 aliphatic heterocycles. The molecule has 0 saturated heterocycles. The summed E-state index contributed by atoms with van der Waals surface area (Å²) in [5, 5.41) is 2.57. The van der Waals surface area contributed by atoms with Gasteiger partial charge in [0.15, 0.2) is 0 Å². The Hall–Kier alpha value is -1.91. The maximum absolute atomic E-state index is 11.3. The molecule has 0 bridgehead atoms. The first-order chi connectivity index (χ1) is 7.11. The number of carbonyl (C=O) groups is 2. The second-order valence-corrected chi connectivity index (χ2v) is 2.99. The molecule has 80 valence electrons. The summed E-state index contributed by atoms with van der Waals surface area (Å²) in [5.41, 5.74) is 1.42. The number of rotatable bonds is 3. The summed E-state index contributed by atoms with van der Waals surface area (Å²) in [6, 6.07) is 3.37. The van der Waals surface area contributed by atoms with Crippen LogP contribution in [0.5, 0.6) is 0 Å². The number of amides is 1. The van der Waals surface area contributed by atoms with E-state index in [-0.39, 0.29) is 6.42 Å². The van der Waals surface area contributed by atoms with Crippen molar-refractivity contribution in [1.82, 2.24) is 4.98 Å². The van der Waals surface area contributed by atoms with Crippen LogP contribution in [0.1, 0.15) is 12.1 Å². The van der Waals surface area contributed by atoms with E-state index in [9.17, 15) is 9.59 Å². The highest BCUT2D eigenvalue weighted by atomic mass is 16.5. The minimum atomic E-state index is -0.557. The Kier molecular flexibility index (Phi) is 3.79. The summed E-state index contributed by atoms with van der Waals surface area (Å²) in [5.74, 6) is -0.953. The highest BCUT2D eigenvalue weighted by molar-refractivity contribution is 6.01. The second kappa shape index (κ2) is 5.09. The topological polar surface area (TPSA) is 68.3 Å².